The molecule has 0 spiro atoms. The lowest BCUT2D eigenvalue weighted by Gasteiger charge is -2.16. The highest BCUT2D eigenvalue weighted by atomic mass is 127. The lowest BCUT2D eigenvalue weighted by atomic mass is 9.90. The molecule has 0 fully saturated rings. The lowest BCUT2D eigenvalue weighted by molar-refractivity contribution is 0.589. The van der Waals surface area contributed by atoms with Crippen LogP contribution in [0.3, 0.4) is 0 Å². The van der Waals surface area contributed by atoms with Crippen LogP contribution in [0, 0.1) is 13.8 Å². The van der Waals surface area contributed by atoms with Crippen LogP contribution >= 0.6 is 34.3 Å². The molecule has 0 aliphatic carbocycles. The molecule has 1 aromatic heterocycles. The van der Waals surface area contributed by atoms with Crippen molar-refractivity contribution >= 4 is 45.4 Å². The summed E-state index contributed by atoms with van der Waals surface area (Å²) in [4.78, 5) is 0. The third-order valence-electron chi connectivity index (χ3n) is 6.78. The second-order valence-electron chi connectivity index (χ2n) is 9.43. The molecular formula is C30H35IN2S. The molecule has 2 nitrogen and oxygen atoms in total. The summed E-state index contributed by atoms with van der Waals surface area (Å²) in [5.74, 6) is 0. The minimum absolute atomic E-state index is 0.982. The van der Waals surface area contributed by atoms with E-state index in [-0.39, 0.29) is 0 Å². The van der Waals surface area contributed by atoms with E-state index in [9.17, 15) is 0 Å². The highest BCUT2D eigenvalue weighted by Gasteiger charge is 2.14. The van der Waals surface area contributed by atoms with Gasteiger partial charge in [0, 0.05) is 9.99 Å². The van der Waals surface area contributed by atoms with Gasteiger partial charge in [-0.1, -0.05) is 116 Å². The van der Waals surface area contributed by atoms with E-state index < -0.39 is 0 Å². The summed E-state index contributed by atoms with van der Waals surface area (Å²) in [7, 11) is 0. The zero-order valence-electron chi connectivity index (χ0n) is 20.7. The summed E-state index contributed by atoms with van der Waals surface area (Å²) in [6.45, 7) is 6.61. The lowest BCUT2D eigenvalue weighted by Crippen LogP contribution is -1.96. The van der Waals surface area contributed by atoms with E-state index in [0.29, 0.717) is 0 Å². The Morgan fingerprint density at radius 1 is 0.706 bits per heavy atom. The highest BCUT2D eigenvalue weighted by Crippen LogP contribution is 2.36. The van der Waals surface area contributed by atoms with Crippen molar-refractivity contribution in [1.82, 2.24) is 8.75 Å². The molecule has 0 N–H and O–H groups in total. The molecule has 0 aliphatic heterocycles. The quantitative estimate of drug-likeness (QED) is 0.0999. The van der Waals surface area contributed by atoms with Crippen molar-refractivity contribution in [2.75, 3.05) is 0 Å². The van der Waals surface area contributed by atoms with Crippen LogP contribution in [-0.4, -0.2) is 8.75 Å². The van der Waals surface area contributed by atoms with Gasteiger partial charge < -0.3 is 0 Å². The average molecular weight is 583 g/mol. The Kier molecular flexibility index (Phi) is 9.12. The second kappa shape index (κ2) is 12.3. The molecule has 3 aromatic carbocycles. The summed E-state index contributed by atoms with van der Waals surface area (Å²) in [6.07, 6.45) is 10.6. The molecule has 0 atom stereocenters. The Bertz CT molecular complexity index is 1240. The minimum Gasteiger partial charge on any atom is -0.173 e. The van der Waals surface area contributed by atoms with Crippen LogP contribution in [0.5, 0.6) is 0 Å². The van der Waals surface area contributed by atoms with Gasteiger partial charge in [-0.2, -0.15) is 8.75 Å². The van der Waals surface area contributed by atoms with Crippen LogP contribution in [-0.2, 0) is 10.8 Å². The van der Waals surface area contributed by atoms with E-state index in [1.54, 1.807) is 0 Å². The van der Waals surface area contributed by atoms with Gasteiger partial charge in [-0.05, 0) is 66.1 Å². The summed E-state index contributed by atoms with van der Waals surface area (Å²) in [6, 6.07) is 18.3. The zero-order chi connectivity index (χ0) is 23.9. The van der Waals surface area contributed by atoms with E-state index in [4.69, 9.17) is 0 Å². The molecule has 34 heavy (non-hydrogen) atoms. The highest BCUT2D eigenvalue weighted by molar-refractivity contribution is 14.1. The zero-order valence-corrected chi connectivity index (χ0v) is 23.6. The number of aryl methyl sites for hydroxylation is 3. The van der Waals surface area contributed by atoms with Crippen molar-refractivity contribution in [3.63, 3.8) is 0 Å². The maximum absolute atomic E-state index is 4.61. The van der Waals surface area contributed by atoms with Gasteiger partial charge in [0.15, 0.2) is 0 Å². The molecule has 4 heteroatoms. The fourth-order valence-electron chi connectivity index (χ4n) is 4.82. The van der Waals surface area contributed by atoms with Crippen LogP contribution < -0.4 is 0 Å². The molecule has 0 radical (unpaired) electrons. The number of hydrogen-bond donors (Lipinski definition) is 0. The fraction of sp³-hybridized carbons (Fsp3) is 0.400. The largest absolute Gasteiger partial charge is 0.173 e. The summed E-state index contributed by atoms with van der Waals surface area (Å²) in [5, 5.41) is 0. The third kappa shape index (κ3) is 5.88. The number of rotatable bonds is 11. The van der Waals surface area contributed by atoms with Crippen molar-refractivity contribution in [2.45, 2.75) is 76.6 Å². The molecule has 178 valence electrons. The number of fused-ring (bicyclic) bond motifs is 1. The molecular weight excluding hydrogens is 547 g/mol. The van der Waals surface area contributed by atoms with E-state index in [1.807, 2.05) is 0 Å². The molecule has 0 aliphatic rings. The number of unbranched alkanes of at least 4 members (excludes halogenated alkanes) is 6. The average Bonchev–Trinajstić information content (AvgIpc) is 3.35. The van der Waals surface area contributed by atoms with Crippen molar-refractivity contribution in [2.24, 2.45) is 0 Å². The monoisotopic (exact) mass is 582 g/mol. The minimum atomic E-state index is 0.982. The normalized spacial score (nSPS) is 11.4. The number of nitrogens with zero attached hydrogens (tertiary/aromatic N) is 2. The SMILES string of the molecule is CCCCCCCCCc1cc(C)ccc1-c1ccc(-c2ccc(C)c3nsnc23)cc1CI. The second-order valence-corrected chi connectivity index (χ2v) is 10.7. The Balaban J connectivity index is 1.59. The van der Waals surface area contributed by atoms with Gasteiger partial charge in [0.05, 0.1) is 11.7 Å². The number of halogens is 1. The van der Waals surface area contributed by atoms with Crippen LogP contribution in [0.2, 0.25) is 0 Å². The first kappa shape index (κ1) is 25.3. The van der Waals surface area contributed by atoms with E-state index >= 15 is 0 Å². The van der Waals surface area contributed by atoms with Crippen LogP contribution in [0.1, 0.15) is 74.1 Å². The van der Waals surface area contributed by atoms with E-state index in [0.717, 1.165) is 21.9 Å². The van der Waals surface area contributed by atoms with Crippen molar-refractivity contribution in [3.8, 4) is 22.3 Å². The van der Waals surface area contributed by atoms with Crippen LogP contribution in [0.25, 0.3) is 33.3 Å². The molecule has 4 rings (SSSR count). The molecule has 0 saturated heterocycles. The first-order valence-electron chi connectivity index (χ1n) is 12.6. The van der Waals surface area contributed by atoms with Gasteiger partial charge in [-0.15, -0.1) is 0 Å². The number of aromatic nitrogens is 2. The first-order valence-corrected chi connectivity index (χ1v) is 14.9. The first-order chi connectivity index (χ1) is 16.6. The summed E-state index contributed by atoms with van der Waals surface area (Å²) in [5.41, 5.74) is 12.7. The number of alkyl halides is 1. The maximum Gasteiger partial charge on any atom is 0.112 e. The van der Waals surface area contributed by atoms with E-state index in [2.05, 4.69) is 101 Å². The standard InChI is InChI=1S/C30H35IN2S/c1-4-5-6-7-8-9-10-11-23-18-21(2)12-15-26(23)27-17-14-24(19-25(27)20-31)28-16-13-22(3)29-30(28)33-34-32-29/h12-19H,4-11,20H2,1-3H3. The van der Waals surface area contributed by atoms with Crippen molar-refractivity contribution in [3.05, 3.63) is 70.8 Å². The van der Waals surface area contributed by atoms with Gasteiger partial charge >= 0.3 is 0 Å². The van der Waals surface area contributed by atoms with Gasteiger partial charge in [-0.25, -0.2) is 0 Å². The number of benzene rings is 3. The Morgan fingerprint density at radius 2 is 1.38 bits per heavy atom. The van der Waals surface area contributed by atoms with Crippen molar-refractivity contribution in [1.29, 1.82) is 0 Å². The molecule has 0 bridgehead atoms. The smallest absolute Gasteiger partial charge is 0.112 e. The molecule has 0 saturated carbocycles. The van der Waals surface area contributed by atoms with Gasteiger partial charge in [0.1, 0.15) is 11.0 Å². The summed E-state index contributed by atoms with van der Waals surface area (Å²) >= 11 is 3.81. The Morgan fingerprint density at radius 3 is 2.18 bits per heavy atom. The van der Waals surface area contributed by atoms with Crippen LogP contribution in [0.15, 0.2) is 48.5 Å². The van der Waals surface area contributed by atoms with Crippen molar-refractivity contribution < 1.29 is 0 Å². The Hall–Kier alpha value is -1.79. The Labute approximate surface area is 222 Å². The molecule has 4 aromatic rings. The fourth-order valence-corrected chi connectivity index (χ4v) is 6.07. The molecule has 0 amide bonds. The number of hydrogen-bond acceptors (Lipinski definition) is 3. The topological polar surface area (TPSA) is 25.8 Å². The maximum atomic E-state index is 4.61. The predicted molar refractivity (Wildman–Crippen MR) is 157 cm³/mol. The predicted octanol–water partition coefficient (Wildman–Crippen LogP) is 9.87. The van der Waals surface area contributed by atoms with Crippen LogP contribution in [0.4, 0.5) is 0 Å². The van der Waals surface area contributed by atoms with Gasteiger partial charge in [0.2, 0.25) is 0 Å². The van der Waals surface area contributed by atoms with Gasteiger partial charge in [-0.3, -0.25) is 0 Å². The molecule has 1 heterocycles. The third-order valence-corrected chi connectivity index (χ3v) is 8.13. The van der Waals surface area contributed by atoms with E-state index in [1.165, 1.54) is 101 Å². The molecule has 0 unspecified atom stereocenters. The summed E-state index contributed by atoms with van der Waals surface area (Å²) < 4.78 is 10.1. The van der Waals surface area contributed by atoms with Gasteiger partial charge in [0.25, 0.3) is 0 Å².